The minimum absolute atomic E-state index is 0.0706. The summed E-state index contributed by atoms with van der Waals surface area (Å²) in [7, 11) is 0. The Kier molecular flexibility index (Phi) is 6.40. The molecule has 5 heteroatoms. The summed E-state index contributed by atoms with van der Waals surface area (Å²) in [5.74, 6) is 1.28. The maximum Gasteiger partial charge on any atom is 0.138 e. The van der Waals surface area contributed by atoms with Crippen LogP contribution in [0.3, 0.4) is 0 Å². The van der Waals surface area contributed by atoms with Crippen molar-refractivity contribution in [2.24, 2.45) is 5.73 Å². The van der Waals surface area contributed by atoms with Crippen LogP contribution < -0.4 is 10.5 Å². The van der Waals surface area contributed by atoms with Crippen molar-refractivity contribution in [1.29, 1.82) is 0 Å². The molecule has 170 valence electrons. The number of benzene rings is 2. The second-order valence-corrected chi connectivity index (χ2v) is 9.27. The molecule has 0 bridgehead atoms. The van der Waals surface area contributed by atoms with Crippen molar-refractivity contribution in [3.8, 4) is 16.9 Å². The molecule has 1 aliphatic carbocycles. The van der Waals surface area contributed by atoms with E-state index in [-0.39, 0.29) is 6.04 Å². The van der Waals surface area contributed by atoms with Crippen molar-refractivity contribution in [2.45, 2.75) is 57.4 Å². The van der Waals surface area contributed by atoms with Gasteiger partial charge in [-0.3, -0.25) is 10.1 Å². The minimum Gasteiger partial charge on any atom is -0.490 e. The molecular formula is C28H32N4O. The summed E-state index contributed by atoms with van der Waals surface area (Å²) in [5.41, 5.74) is 13.2. The van der Waals surface area contributed by atoms with Gasteiger partial charge < -0.3 is 10.5 Å². The topological polar surface area (TPSA) is 76.8 Å². The van der Waals surface area contributed by atoms with E-state index in [0.717, 1.165) is 28.8 Å². The molecule has 2 heterocycles. The molecule has 0 unspecified atom stereocenters. The number of aromatic nitrogens is 3. The molecule has 2 aromatic carbocycles. The first-order valence-corrected chi connectivity index (χ1v) is 12.0. The lowest BCUT2D eigenvalue weighted by atomic mass is 9.83. The summed E-state index contributed by atoms with van der Waals surface area (Å²) < 4.78 is 6.13. The Morgan fingerprint density at radius 2 is 1.88 bits per heavy atom. The van der Waals surface area contributed by atoms with Crippen molar-refractivity contribution in [1.82, 2.24) is 15.2 Å². The van der Waals surface area contributed by atoms with Crippen LogP contribution in [0.4, 0.5) is 0 Å². The van der Waals surface area contributed by atoms with Crippen molar-refractivity contribution in [2.75, 3.05) is 6.61 Å². The number of hydrogen-bond acceptors (Lipinski definition) is 4. The average molecular weight is 441 g/mol. The Labute approximate surface area is 195 Å². The van der Waals surface area contributed by atoms with E-state index in [0.29, 0.717) is 12.5 Å². The smallest absolute Gasteiger partial charge is 0.138 e. The molecule has 4 aromatic rings. The maximum absolute atomic E-state index is 6.36. The fraction of sp³-hybridized carbons (Fsp3) is 0.357. The molecule has 0 saturated heterocycles. The van der Waals surface area contributed by atoms with E-state index in [1.807, 2.05) is 31.3 Å². The number of aromatic amines is 1. The standard InChI is InChI=1S/C28H32N4O/c1-19-25-15-22(12-13-27(25)32-31-19)26-16-24(17-30-28(26)21-10-6-3-7-11-21)33-18-23(29)14-20-8-4-2-5-9-20/h2,4-5,8-9,12-13,15-17,21,23H,3,6-7,10-11,14,18,29H2,1H3,(H,31,32)/t23-/m0/s1. The maximum atomic E-state index is 6.36. The van der Waals surface area contributed by atoms with Crippen LogP contribution in [0, 0.1) is 6.92 Å². The average Bonchev–Trinajstić information content (AvgIpc) is 3.24. The number of aryl methyl sites for hydroxylation is 1. The van der Waals surface area contributed by atoms with Gasteiger partial charge in [-0.15, -0.1) is 0 Å². The number of nitrogens with two attached hydrogens (primary N) is 1. The molecule has 0 amide bonds. The van der Waals surface area contributed by atoms with Crippen LogP contribution in [0.1, 0.15) is 55.0 Å². The molecular weight excluding hydrogens is 408 g/mol. The summed E-state index contributed by atoms with van der Waals surface area (Å²) in [6.07, 6.45) is 8.95. The normalized spacial score (nSPS) is 15.6. The van der Waals surface area contributed by atoms with Gasteiger partial charge in [0.05, 0.1) is 23.1 Å². The second kappa shape index (κ2) is 9.75. The monoisotopic (exact) mass is 440 g/mol. The first kappa shape index (κ1) is 21.7. The number of ether oxygens (including phenoxy) is 1. The minimum atomic E-state index is -0.0706. The van der Waals surface area contributed by atoms with E-state index >= 15 is 0 Å². The molecule has 33 heavy (non-hydrogen) atoms. The largest absolute Gasteiger partial charge is 0.490 e. The van der Waals surface area contributed by atoms with Crippen LogP contribution in [0.2, 0.25) is 0 Å². The zero-order chi connectivity index (χ0) is 22.6. The SMILES string of the molecule is Cc1n[nH]c2ccc(-c3cc(OC[C@@H](N)Cc4ccccc4)cnc3C3CCCCC3)cc12. The number of nitrogens with one attached hydrogen (secondary N) is 1. The number of hydrogen-bond donors (Lipinski definition) is 2. The van der Waals surface area contributed by atoms with E-state index < -0.39 is 0 Å². The Bertz CT molecular complexity index is 1210. The molecule has 1 fully saturated rings. The van der Waals surface area contributed by atoms with Crippen LogP contribution in [-0.4, -0.2) is 27.8 Å². The van der Waals surface area contributed by atoms with Crippen molar-refractivity contribution < 1.29 is 4.74 Å². The highest BCUT2D eigenvalue weighted by Crippen LogP contribution is 2.39. The predicted molar refractivity (Wildman–Crippen MR) is 134 cm³/mol. The molecule has 1 aliphatic rings. The van der Waals surface area contributed by atoms with E-state index in [2.05, 4.69) is 46.6 Å². The molecule has 0 aliphatic heterocycles. The lowest BCUT2D eigenvalue weighted by Gasteiger charge is -2.24. The Balaban J connectivity index is 1.41. The third kappa shape index (κ3) is 4.93. The molecule has 0 radical (unpaired) electrons. The Morgan fingerprint density at radius 3 is 2.70 bits per heavy atom. The molecule has 3 N–H and O–H groups in total. The summed E-state index contributed by atoms with van der Waals surface area (Å²) in [6.45, 7) is 2.50. The summed E-state index contributed by atoms with van der Waals surface area (Å²) in [6, 6.07) is 18.9. The highest BCUT2D eigenvalue weighted by Gasteiger charge is 2.22. The Morgan fingerprint density at radius 1 is 1.06 bits per heavy atom. The van der Waals surface area contributed by atoms with Crippen LogP contribution in [0.25, 0.3) is 22.0 Å². The predicted octanol–water partition coefficient (Wildman–Crippen LogP) is 5.93. The lowest BCUT2D eigenvalue weighted by molar-refractivity contribution is 0.286. The van der Waals surface area contributed by atoms with Gasteiger partial charge in [0.25, 0.3) is 0 Å². The second-order valence-electron chi connectivity index (χ2n) is 9.27. The molecule has 2 aromatic heterocycles. The zero-order valence-electron chi connectivity index (χ0n) is 19.3. The van der Waals surface area contributed by atoms with Crippen LogP contribution >= 0.6 is 0 Å². The highest BCUT2D eigenvalue weighted by atomic mass is 16.5. The van der Waals surface area contributed by atoms with Gasteiger partial charge in [0.15, 0.2) is 0 Å². The van der Waals surface area contributed by atoms with Gasteiger partial charge in [0.2, 0.25) is 0 Å². The third-order valence-corrected chi connectivity index (χ3v) is 6.75. The zero-order valence-corrected chi connectivity index (χ0v) is 19.3. The van der Waals surface area contributed by atoms with Gasteiger partial charge in [-0.25, -0.2) is 0 Å². The van der Waals surface area contributed by atoms with E-state index in [4.69, 9.17) is 15.5 Å². The van der Waals surface area contributed by atoms with E-state index in [9.17, 15) is 0 Å². The summed E-state index contributed by atoms with van der Waals surface area (Å²) >= 11 is 0. The molecule has 0 spiro atoms. The molecule has 5 rings (SSSR count). The van der Waals surface area contributed by atoms with Crippen LogP contribution in [0.15, 0.2) is 60.8 Å². The van der Waals surface area contributed by atoms with Gasteiger partial charge in [-0.1, -0.05) is 55.7 Å². The molecule has 5 nitrogen and oxygen atoms in total. The first-order chi connectivity index (χ1) is 16.2. The number of fused-ring (bicyclic) bond motifs is 1. The highest BCUT2D eigenvalue weighted by molar-refractivity contribution is 5.87. The van der Waals surface area contributed by atoms with Gasteiger partial charge in [-0.2, -0.15) is 5.10 Å². The van der Waals surface area contributed by atoms with Gasteiger partial charge in [0.1, 0.15) is 12.4 Å². The number of nitrogens with zero attached hydrogens (tertiary/aromatic N) is 2. The van der Waals surface area contributed by atoms with E-state index in [1.54, 1.807) is 0 Å². The summed E-state index contributed by atoms with van der Waals surface area (Å²) in [4.78, 5) is 4.94. The van der Waals surface area contributed by atoms with Crippen molar-refractivity contribution >= 4 is 10.9 Å². The van der Waals surface area contributed by atoms with Crippen molar-refractivity contribution in [3.63, 3.8) is 0 Å². The quantitative estimate of drug-likeness (QED) is 0.373. The van der Waals surface area contributed by atoms with Gasteiger partial charge in [0, 0.05) is 22.9 Å². The third-order valence-electron chi connectivity index (χ3n) is 6.75. The number of H-pyrrole nitrogens is 1. The van der Waals surface area contributed by atoms with Crippen molar-refractivity contribution in [3.05, 3.63) is 77.7 Å². The fourth-order valence-corrected chi connectivity index (χ4v) is 4.96. The Hall–Kier alpha value is -3.18. The summed E-state index contributed by atoms with van der Waals surface area (Å²) in [5, 5.41) is 8.62. The van der Waals surface area contributed by atoms with Crippen LogP contribution in [0.5, 0.6) is 5.75 Å². The first-order valence-electron chi connectivity index (χ1n) is 12.0. The number of pyridine rings is 1. The fourth-order valence-electron chi connectivity index (χ4n) is 4.96. The van der Waals surface area contributed by atoms with Crippen LogP contribution in [-0.2, 0) is 6.42 Å². The van der Waals surface area contributed by atoms with Gasteiger partial charge in [-0.05, 0) is 55.5 Å². The molecule has 1 saturated carbocycles. The number of rotatable bonds is 7. The van der Waals surface area contributed by atoms with Gasteiger partial charge >= 0.3 is 0 Å². The van der Waals surface area contributed by atoms with E-state index in [1.165, 1.54) is 54.5 Å². The molecule has 1 atom stereocenters. The lowest BCUT2D eigenvalue weighted by Crippen LogP contribution is -2.30.